The minimum absolute atomic E-state index is 0.163. The van der Waals surface area contributed by atoms with Gasteiger partial charge in [-0.2, -0.15) is 0 Å². The van der Waals surface area contributed by atoms with Crippen LogP contribution < -0.4 is 20.7 Å². The van der Waals surface area contributed by atoms with Crippen molar-refractivity contribution < 1.29 is 14.1 Å². The molecule has 0 saturated carbocycles. The van der Waals surface area contributed by atoms with Crippen molar-refractivity contribution in [1.29, 1.82) is 0 Å². The summed E-state index contributed by atoms with van der Waals surface area (Å²) in [4.78, 5) is 14.5. The van der Waals surface area contributed by atoms with Crippen LogP contribution >= 0.6 is 0 Å². The molecule has 0 unspecified atom stereocenters. The van der Waals surface area contributed by atoms with E-state index in [1.54, 1.807) is 6.07 Å². The number of ether oxygens (including phenoxy) is 1. The SMILES string of the molecule is CC(C)(C)c1cc(NC(=O)Nc2ccc(OCCN3CCNCC3)cc2)no1. The summed E-state index contributed by atoms with van der Waals surface area (Å²) >= 11 is 0. The highest BCUT2D eigenvalue weighted by molar-refractivity contribution is 5.99. The lowest BCUT2D eigenvalue weighted by atomic mass is 9.93. The number of hydrogen-bond acceptors (Lipinski definition) is 6. The molecule has 1 aliphatic heterocycles. The van der Waals surface area contributed by atoms with Crippen LogP contribution in [-0.4, -0.2) is 55.4 Å². The zero-order valence-electron chi connectivity index (χ0n) is 16.7. The average molecular weight is 387 g/mol. The van der Waals surface area contributed by atoms with Gasteiger partial charge in [-0.1, -0.05) is 25.9 Å². The van der Waals surface area contributed by atoms with Crippen LogP contribution in [0.3, 0.4) is 0 Å². The number of hydrogen-bond donors (Lipinski definition) is 3. The summed E-state index contributed by atoms with van der Waals surface area (Å²) in [5.41, 5.74) is 0.510. The van der Waals surface area contributed by atoms with Crippen LogP contribution in [0.5, 0.6) is 5.75 Å². The molecule has 8 nitrogen and oxygen atoms in total. The van der Waals surface area contributed by atoms with E-state index in [2.05, 4.69) is 26.0 Å². The van der Waals surface area contributed by atoms with Gasteiger partial charge in [-0.3, -0.25) is 10.2 Å². The first kappa shape index (κ1) is 20.2. The van der Waals surface area contributed by atoms with E-state index in [-0.39, 0.29) is 11.4 Å². The van der Waals surface area contributed by atoms with E-state index >= 15 is 0 Å². The first-order valence-electron chi connectivity index (χ1n) is 9.61. The molecule has 0 spiro atoms. The van der Waals surface area contributed by atoms with Gasteiger partial charge < -0.3 is 19.9 Å². The molecule has 0 radical (unpaired) electrons. The van der Waals surface area contributed by atoms with Gasteiger partial charge in [-0.15, -0.1) is 0 Å². The number of urea groups is 1. The third-order valence-corrected chi connectivity index (χ3v) is 4.49. The van der Waals surface area contributed by atoms with Gasteiger partial charge in [0.2, 0.25) is 0 Å². The van der Waals surface area contributed by atoms with E-state index in [1.165, 1.54) is 0 Å². The zero-order valence-corrected chi connectivity index (χ0v) is 16.7. The largest absolute Gasteiger partial charge is 0.492 e. The average Bonchev–Trinajstić information content (AvgIpc) is 3.13. The fraction of sp³-hybridized carbons (Fsp3) is 0.500. The molecule has 28 heavy (non-hydrogen) atoms. The first-order chi connectivity index (χ1) is 13.4. The van der Waals surface area contributed by atoms with Gasteiger partial charge >= 0.3 is 6.03 Å². The molecular formula is C20H29N5O3. The van der Waals surface area contributed by atoms with Crippen molar-refractivity contribution in [3.63, 3.8) is 0 Å². The van der Waals surface area contributed by atoms with E-state index in [1.807, 2.05) is 45.0 Å². The minimum atomic E-state index is -0.374. The van der Waals surface area contributed by atoms with Gasteiger partial charge in [0.1, 0.15) is 18.1 Å². The maximum Gasteiger partial charge on any atom is 0.324 e. The lowest BCUT2D eigenvalue weighted by molar-refractivity contribution is 0.191. The standard InChI is InChI=1S/C20H29N5O3/c1-20(2,3)17-14-18(24-28-17)23-19(26)22-15-4-6-16(7-5-15)27-13-12-25-10-8-21-9-11-25/h4-7,14,21H,8-13H2,1-3H3,(H2,22,23,24,26). The molecule has 0 atom stereocenters. The van der Waals surface area contributed by atoms with Crippen molar-refractivity contribution in [1.82, 2.24) is 15.4 Å². The molecule has 2 heterocycles. The van der Waals surface area contributed by atoms with Crippen molar-refractivity contribution in [3.8, 4) is 5.75 Å². The predicted molar refractivity (Wildman–Crippen MR) is 109 cm³/mol. The van der Waals surface area contributed by atoms with Crippen molar-refractivity contribution >= 4 is 17.5 Å². The van der Waals surface area contributed by atoms with Gasteiger partial charge in [0.15, 0.2) is 5.82 Å². The Morgan fingerprint density at radius 1 is 1.21 bits per heavy atom. The third-order valence-electron chi connectivity index (χ3n) is 4.49. The molecule has 152 valence electrons. The molecular weight excluding hydrogens is 358 g/mol. The topological polar surface area (TPSA) is 91.7 Å². The van der Waals surface area contributed by atoms with E-state index in [0.29, 0.717) is 23.9 Å². The van der Waals surface area contributed by atoms with Gasteiger partial charge in [0.05, 0.1) is 0 Å². The van der Waals surface area contributed by atoms with Gasteiger partial charge in [-0.25, -0.2) is 4.79 Å². The maximum absolute atomic E-state index is 12.1. The molecule has 3 rings (SSSR count). The Morgan fingerprint density at radius 3 is 2.57 bits per heavy atom. The molecule has 1 fully saturated rings. The smallest absolute Gasteiger partial charge is 0.324 e. The van der Waals surface area contributed by atoms with Crippen LogP contribution in [0.25, 0.3) is 0 Å². The number of anilines is 2. The normalized spacial score (nSPS) is 15.2. The summed E-state index contributed by atoms with van der Waals surface area (Å²) in [5, 5.41) is 12.7. The monoisotopic (exact) mass is 387 g/mol. The van der Waals surface area contributed by atoms with E-state index in [0.717, 1.165) is 38.5 Å². The Bertz CT molecular complexity index is 761. The van der Waals surface area contributed by atoms with Crippen LogP contribution in [-0.2, 0) is 5.41 Å². The Hall–Kier alpha value is -2.58. The van der Waals surface area contributed by atoms with Crippen molar-refractivity contribution in [2.45, 2.75) is 26.2 Å². The second-order valence-electron chi connectivity index (χ2n) is 7.87. The summed E-state index contributed by atoms with van der Waals surface area (Å²) in [6, 6.07) is 8.67. The molecule has 2 aromatic rings. The number of rotatable bonds is 6. The molecule has 3 N–H and O–H groups in total. The van der Waals surface area contributed by atoms with Gasteiger partial charge in [-0.05, 0) is 24.3 Å². The molecule has 8 heteroatoms. The molecule has 1 saturated heterocycles. The summed E-state index contributed by atoms with van der Waals surface area (Å²) in [7, 11) is 0. The van der Waals surface area contributed by atoms with Crippen LogP contribution in [0.4, 0.5) is 16.3 Å². The maximum atomic E-state index is 12.1. The van der Waals surface area contributed by atoms with Crippen molar-refractivity contribution in [2.24, 2.45) is 0 Å². The van der Waals surface area contributed by atoms with Gasteiger partial charge in [0.25, 0.3) is 0 Å². The fourth-order valence-electron chi connectivity index (χ4n) is 2.83. The summed E-state index contributed by atoms with van der Waals surface area (Å²) < 4.78 is 11.0. The number of piperazine rings is 1. The quantitative estimate of drug-likeness (QED) is 0.706. The summed E-state index contributed by atoms with van der Waals surface area (Å²) in [6.07, 6.45) is 0. The highest BCUT2D eigenvalue weighted by Gasteiger charge is 2.20. The van der Waals surface area contributed by atoms with Crippen molar-refractivity contribution in [2.75, 3.05) is 50.0 Å². The van der Waals surface area contributed by atoms with Gasteiger partial charge in [0, 0.05) is 49.9 Å². The van der Waals surface area contributed by atoms with E-state index < -0.39 is 0 Å². The highest BCUT2D eigenvalue weighted by atomic mass is 16.5. The predicted octanol–water partition coefficient (Wildman–Crippen LogP) is 2.90. The third kappa shape index (κ3) is 5.97. The lowest BCUT2D eigenvalue weighted by Crippen LogP contribution is -2.44. The fourth-order valence-corrected chi connectivity index (χ4v) is 2.83. The second kappa shape index (κ2) is 9.07. The Balaban J connectivity index is 1.43. The molecule has 1 aromatic heterocycles. The number of nitrogens with one attached hydrogen (secondary N) is 3. The number of aromatic nitrogens is 1. The molecule has 0 bridgehead atoms. The Kier molecular flexibility index (Phi) is 6.53. The summed E-state index contributed by atoms with van der Waals surface area (Å²) in [5.74, 6) is 1.88. The van der Waals surface area contributed by atoms with E-state index in [4.69, 9.17) is 9.26 Å². The minimum Gasteiger partial charge on any atom is -0.492 e. The number of carbonyl (C=O) groups is 1. The van der Waals surface area contributed by atoms with Crippen molar-refractivity contribution in [3.05, 3.63) is 36.1 Å². The molecule has 2 amide bonds. The number of nitrogens with zero attached hydrogens (tertiary/aromatic N) is 2. The number of amides is 2. The van der Waals surface area contributed by atoms with E-state index in [9.17, 15) is 4.79 Å². The first-order valence-corrected chi connectivity index (χ1v) is 9.61. The number of carbonyl (C=O) groups excluding carboxylic acids is 1. The molecule has 0 aliphatic carbocycles. The molecule has 1 aliphatic rings. The second-order valence-corrected chi connectivity index (χ2v) is 7.87. The van der Waals surface area contributed by atoms with Crippen LogP contribution in [0, 0.1) is 0 Å². The Morgan fingerprint density at radius 2 is 1.93 bits per heavy atom. The zero-order chi connectivity index (χ0) is 20.0. The summed E-state index contributed by atoms with van der Waals surface area (Å²) in [6.45, 7) is 11.8. The molecule has 1 aromatic carbocycles. The highest BCUT2D eigenvalue weighted by Crippen LogP contribution is 2.24. The van der Waals surface area contributed by atoms with Crippen LogP contribution in [0.15, 0.2) is 34.9 Å². The Labute approximate surface area is 165 Å². The lowest BCUT2D eigenvalue weighted by Gasteiger charge is -2.26. The van der Waals surface area contributed by atoms with Crippen LogP contribution in [0.2, 0.25) is 0 Å². The van der Waals surface area contributed by atoms with Crippen LogP contribution in [0.1, 0.15) is 26.5 Å². The number of benzene rings is 1.